The van der Waals surface area contributed by atoms with Gasteiger partial charge in [0.05, 0.1) is 0 Å². The number of aliphatic carboxylic acids is 1. The molecule has 0 radical (unpaired) electrons. The molecule has 3 aromatic carbocycles. The summed E-state index contributed by atoms with van der Waals surface area (Å²) in [5.74, 6) is -1.47. The fourth-order valence-corrected chi connectivity index (χ4v) is 5.60. The van der Waals surface area contributed by atoms with Crippen LogP contribution in [0.1, 0.15) is 50.8 Å². The number of carbonyl (C=O) groups is 1. The maximum absolute atomic E-state index is 13.9. The predicted octanol–water partition coefficient (Wildman–Crippen LogP) is 5.07. The van der Waals surface area contributed by atoms with Gasteiger partial charge in [-0.25, -0.2) is 14.2 Å². The van der Waals surface area contributed by atoms with Gasteiger partial charge in [-0.15, -0.1) is 0 Å². The highest BCUT2D eigenvalue weighted by atomic mass is 19.1. The second-order valence-electron chi connectivity index (χ2n) is 10.5. The highest BCUT2D eigenvalue weighted by Gasteiger charge is 2.37. The fraction of sp³-hybridized carbons (Fsp3) is 0.333. The number of fused-ring (bicyclic) bond motifs is 1. The van der Waals surface area contributed by atoms with E-state index in [9.17, 15) is 23.9 Å². The van der Waals surface area contributed by atoms with Crippen molar-refractivity contribution in [3.63, 3.8) is 0 Å². The van der Waals surface area contributed by atoms with E-state index in [0.29, 0.717) is 22.6 Å². The van der Waals surface area contributed by atoms with E-state index in [-0.39, 0.29) is 23.6 Å². The first-order chi connectivity index (χ1) is 18.5. The van der Waals surface area contributed by atoms with E-state index in [4.69, 9.17) is 0 Å². The zero-order valence-corrected chi connectivity index (χ0v) is 22.3. The van der Waals surface area contributed by atoms with E-state index in [1.54, 1.807) is 37.3 Å². The van der Waals surface area contributed by atoms with Crippen LogP contribution in [0.4, 0.5) is 27.3 Å². The summed E-state index contributed by atoms with van der Waals surface area (Å²) in [6.07, 6.45) is 1.81. The van der Waals surface area contributed by atoms with E-state index in [1.165, 1.54) is 12.1 Å². The largest absolute Gasteiger partial charge is 0.480 e. The fourth-order valence-electron chi connectivity index (χ4n) is 5.60. The summed E-state index contributed by atoms with van der Waals surface area (Å²) in [5.41, 5.74) is 1.36. The van der Waals surface area contributed by atoms with Crippen molar-refractivity contribution in [2.75, 3.05) is 15.5 Å². The van der Waals surface area contributed by atoms with Crippen LogP contribution in [0.25, 0.3) is 10.8 Å². The summed E-state index contributed by atoms with van der Waals surface area (Å²) in [4.78, 5) is 43.7. The van der Waals surface area contributed by atoms with Crippen molar-refractivity contribution in [3.8, 4) is 0 Å². The third kappa shape index (κ3) is 4.84. The number of rotatable bonds is 8. The van der Waals surface area contributed by atoms with Crippen LogP contribution < -0.4 is 26.4 Å². The van der Waals surface area contributed by atoms with Gasteiger partial charge >= 0.3 is 5.97 Å². The van der Waals surface area contributed by atoms with Crippen molar-refractivity contribution in [1.82, 2.24) is 4.98 Å². The molecule has 0 spiro atoms. The van der Waals surface area contributed by atoms with Crippen LogP contribution in [0.15, 0.2) is 58.1 Å². The molecule has 4 aromatic rings. The molecule has 202 valence electrons. The number of aryl methyl sites for hydroxylation is 1. The zero-order chi connectivity index (χ0) is 28.0. The summed E-state index contributed by atoms with van der Waals surface area (Å²) in [6.45, 7) is 7.63. The van der Waals surface area contributed by atoms with Crippen LogP contribution >= 0.6 is 0 Å². The first kappa shape index (κ1) is 26.3. The van der Waals surface area contributed by atoms with Gasteiger partial charge < -0.3 is 20.6 Å². The number of carboxylic acids is 1. The standard InChI is InChI=1S/C30H31FN4O4/c1-15-13-20-7-10-21(31)14-23(20)29(32-15)33-22-11-8-19(9-12-22)18(4)24(30(38)39)34-25-26(28(37)27(25)36)35-16(2)5-6-17(35)3/h7-14,16-18,24,34H,5-6H2,1-4H3,(H,32,33)(H,38,39). The smallest absolute Gasteiger partial charge is 0.326 e. The highest BCUT2D eigenvalue weighted by Crippen LogP contribution is 2.34. The number of benzene rings is 2. The highest BCUT2D eigenvalue weighted by molar-refractivity contribution is 5.93. The van der Waals surface area contributed by atoms with E-state index in [1.807, 2.05) is 31.7 Å². The Bertz CT molecular complexity index is 1620. The molecule has 0 bridgehead atoms. The lowest BCUT2D eigenvalue weighted by molar-refractivity contribution is -0.138. The Morgan fingerprint density at radius 1 is 1.05 bits per heavy atom. The van der Waals surface area contributed by atoms with Crippen molar-refractivity contribution >= 4 is 39.6 Å². The van der Waals surface area contributed by atoms with Gasteiger partial charge in [0.25, 0.3) is 10.9 Å². The maximum atomic E-state index is 13.9. The van der Waals surface area contributed by atoms with Crippen LogP contribution in [0, 0.1) is 12.7 Å². The van der Waals surface area contributed by atoms with Crippen molar-refractivity contribution in [2.45, 2.75) is 64.6 Å². The van der Waals surface area contributed by atoms with Crippen molar-refractivity contribution in [3.05, 3.63) is 86.1 Å². The number of pyridine rings is 1. The lowest BCUT2D eigenvalue weighted by atomic mass is 9.92. The Morgan fingerprint density at radius 2 is 1.72 bits per heavy atom. The minimum Gasteiger partial charge on any atom is -0.480 e. The molecule has 2 heterocycles. The number of aromatic nitrogens is 1. The lowest BCUT2D eigenvalue weighted by Gasteiger charge is -2.32. The number of halogens is 1. The van der Waals surface area contributed by atoms with Crippen LogP contribution in [0.5, 0.6) is 0 Å². The average molecular weight is 531 g/mol. The molecule has 8 nitrogen and oxygen atoms in total. The van der Waals surface area contributed by atoms with Gasteiger partial charge in [0.2, 0.25) is 0 Å². The first-order valence-electron chi connectivity index (χ1n) is 13.1. The summed E-state index contributed by atoms with van der Waals surface area (Å²) >= 11 is 0. The molecule has 1 aliphatic heterocycles. The Labute approximate surface area is 225 Å². The Hall–Kier alpha value is -4.27. The third-order valence-corrected chi connectivity index (χ3v) is 7.78. The average Bonchev–Trinajstić information content (AvgIpc) is 3.23. The van der Waals surface area contributed by atoms with Crippen LogP contribution in [0.2, 0.25) is 0 Å². The second kappa shape index (κ2) is 10.1. The minimum absolute atomic E-state index is 0.0859. The van der Waals surface area contributed by atoms with Gasteiger partial charge in [0.1, 0.15) is 29.1 Å². The van der Waals surface area contributed by atoms with Gasteiger partial charge in [0, 0.05) is 34.8 Å². The van der Waals surface area contributed by atoms with Crippen molar-refractivity contribution in [1.29, 1.82) is 0 Å². The van der Waals surface area contributed by atoms with E-state index in [0.717, 1.165) is 29.5 Å². The van der Waals surface area contributed by atoms with Crippen molar-refractivity contribution in [2.24, 2.45) is 0 Å². The summed E-state index contributed by atoms with van der Waals surface area (Å²) < 4.78 is 13.9. The molecule has 1 fully saturated rings. The number of hydrogen-bond acceptors (Lipinski definition) is 7. The molecule has 0 saturated carbocycles. The molecule has 9 heteroatoms. The predicted molar refractivity (Wildman–Crippen MR) is 152 cm³/mol. The lowest BCUT2D eigenvalue weighted by Crippen LogP contribution is -2.48. The van der Waals surface area contributed by atoms with Gasteiger partial charge in [-0.1, -0.05) is 25.1 Å². The SMILES string of the molecule is Cc1cc2ccc(F)cc2c(Nc2ccc(C(C)C(Nc3c(N4C(C)CCC4C)c(=O)c3=O)C(=O)O)cc2)n1. The van der Waals surface area contributed by atoms with Crippen LogP contribution in [0.3, 0.4) is 0 Å². The molecule has 4 unspecified atom stereocenters. The quantitative estimate of drug-likeness (QED) is 0.271. The molecule has 3 N–H and O–H groups in total. The van der Waals surface area contributed by atoms with Gasteiger partial charge in [-0.2, -0.15) is 0 Å². The molecule has 4 atom stereocenters. The third-order valence-electron chi connectivity index (χ3n) is 7.78. The number of hydrogen-bond donors (Lipinski definition) is 3. The van der Waals surface area contributed by atoms with Gasteiger partial charge in [-0.05, 0) is 74.9 Å². The Kier molecular flexibility index (Phi) is 6.84. The molecule has 39 heavy (non-hydrogen) atoms. The first-order valence-corrected chi connectivity index (χ1v) is 13.1. The van der Waals surface area contributed by atoms with Gasteiger partial charge in [-0.3, -0.25) is 9.59 Å². The van der Waals surface area contributed by atoms with Crippen molar-refractivity contribution < 1.29 is 14.3 Å². The molecular weight excluding hydrogens is 499 g/mol. The summed E-state index contributed by atoms with van der Waals surface area (Å²) in [7, 11) is 0. The summed E-state index contributed by atoms with van der Waals surface area (Å²) in [6, 6.07) is 12.7. The molecular formula is C30H31FN4O4. The van der Waals surface area contributed by atoms with Gasteiger partial charge in [0.15, 0.2) is 0 Å². The van der Waals surface area contributed by atoms with E-state index >= 15 is 0 Å². The Balaban J connectivity index is 1.38. The second-order valence-corrected chi connectivity index (χ2v) is 10.5. The maximum Gasteiger partial charge on any atom is 0.326 e. The number of anilines is 4. The molecule has 0 amide bonds. The monoisotopic (exact) mass is 530 g/mol. The normalized spacial score (nSPS) is 18.8. The molecule has 1 aromatic heterocycles. The van der Waals surface area contributed by atoms with Crippen LogP contribution in [-0.4, -0.2) is 34.2 Å². The Morgan fingerprint density at radius 3 is 2.36 bits per heavy atom. The topological polar surface area (TPSA) is 112 Å². The molecule has 1 aliphatic rings. The van der Waals surface area contributed by atoms with E-state index in [2.05, 4.69) is 15.6 Å². The molecule has 1 saturated heterocycles. The molecule has 0 aliphatic carbocycles. The number of nitrogens with one attached hydrogen (secondary N) is 2. The summed E-state index contributed by atoms with van der Waals surface area (Å²) in [5, 5.41) is 17.7. The number of carboxylic acid groups (broad SMARTS) is 1. The minimum atomic E-state index is -1.12. The molecule has 5 rings (SSSR count). The zero-order valence-electron chi connectivity index (χ0n) is 22.3. The number of nitrogens with zero attached hydrogens (tertiary/aromatic N) is 2. The van der Waals surface area contributed by atoms with E-state index < -0.39 is 28.8 Å². The van der Waals surface area contributed by atoms with Crippen LogP contribution in [-0.2, 0) is 4.79 Å².